The number of alkyl halides is 3. The van der Waals surface area contributed by atoms with Crippen molar-refractivity contribution in [1.82, 2.24) is 10.3 Å². The first-order valence-corrected chi connectivity index (χ1v) is 6.88. The lowest BCUT2D eigenvalue weighted by Gasteiger charge is -2.29. The first-order valence-electron chi connectivity index (χ1n) is 6.88. The van der Waals surface area contributed by atoms with Gasteiger partial charge in [0.1, 0.15) is 5.75 Å². The van der Waals surface area contributed by atoms with E-state index in [1.807, 2.05) is 0 Å². The molecule has 2 heterocycles. The summed E-state index contributed by atoms with van der Waals surface area (Å²) < 4.78 is 48.8. The van der Waals surface area contributed by atoms with Gasteiger partial charge in [0, 0.05) is 31.8 Å². The molecule has 1 aliphatic rings. The van der Waals surface area contributed by atoms with E-state index in [-0.39, 0.29) is 30.7 Å². The van der Waals surface area contributed by atoms with Crippen molar-refractivity contribution in [1.29, 1.82) is 0 Å². The Morgan fingerprint density at radius 1 is 1.32 bits per heavy atom. The van der Waals surface area contributed by atoms with Crippen LogP contribution in [0.3, 0.4) is 0 Å². The molecule has 1 aromatic rings. The quantitative estimate of drug-likeness (QED) is 0.895. The minimum Gasteiger partial charge on any atom is -0.491 e. The third kappa shape index (κ3) is 5.30. The molecule has 0 saturated carbocycles. The van der Waals surface area contributed by atoms with Gasteiger partial charge in [-0.3, -0.25) is 0 Å². The Hall–Kier alpha value is -1.05. The summed E-state index contributed by atoms with van der Waals surface area (Å²) in [5.74, 6) is -0.0107. The lowest BCUT2D eigenvalue weighted by atomic mass is 9.96. The molecule has 0 aromatic carbocycles. The number of hydrogen-bond donors (Lipinski definition) is 1. The first kappa shape index (κ1) is 19.0. The van der Waals surface area contributed by atoms with E-state index in [2.05, 4.69) is 10.3 Å². The molecule has 0 bridgehead atoms. The van der Waals surface area contributed by atoms with Crippen molar-refractivity contribution in [3.63, 3.8) is 0 Å². The molecule has 1 aliphatic heterocycles. The number of ether oxygens (including phenoxy) is 2. The average molecular weight is 341 g/mol. The Balaban J connectivity index is 0.00000242. The number of nitrogens with one attached hydrogen (secondary N) is 1. The van der Waals surface area contributed by atoms with Crippen molar-refractivity contribution in [2.45, 2.75) is 25.1 Å². The summed E-state index contributed by atoms with van der Waals surface area (Å²) in [4.78, 5) is 3.37. The fourth-order valence-electron chi connectivity index (χ4n) is 2.39. The Morgan fingerprint density at radius 3 is 2.68 bits per heavy atom. The number of aromatic nitrogens is 1. The van der Waals surface area contributed by atoms with E-state index in [4.69, 9.17) is 9.47 Å². The highest BCUT2D eigenvalue weighted by Gasteiger charge is 2.36. The fraction of sp³-hybridized carbons (Fsp3) is 0.643. The normalized spacial score (nSPS) is 22.0. The summed E-state index contributed by atoms with van der Waals surface area (Å²) in [6.07, 6.45) is -1.54. The van der Waals surface area contributed by atoms with Gasteiger partial charge >= 0.3 is 6.18 Å². The van der Waals surface area contributed by atoms with E-state index in [1.54, 1.807) is 7.11 Å². The standard InChI is InChI=1S/C14H19F3N2O2.ClH/c1-20-9-11-5-4-10(7-19-11)8-21-12-3-2-6-18-13(12)14(15,16)17;/h2-3,6,10-11,19H,4-5,7-9H2,1H3;1H. The molecule has 0 aliphatic carbocycles. The average Bonchev–Trinajstić information content (AvgIpc) is 2.46. The maximum Gasteiger partial charge on any atom is 0.437 e. The highest BCUT2D eigenvalue weighted by atomic mass is 35.5. The van der Waals surface area contributed by atoms with Crippen molar-refractivity contribution in [3.05, 3.63) is 24.0 Å². The molecule has 0 radical (unpaired) electrons. The van der Waals surface area contributed by atoms with Gasteiger partial charge in [0.2, 0.25) is 0 Å². The van der Waals surface area contributed by atoms with Gasteiger partial charge in [0.25, 0.3) is 0 Å². The molecule has 126 valence electrons. The first-order chi connectivity index (χ1) is 10.0. The van der Waals surface area contributed by atoms with Crippen LogP contribution in [0.4, 0.5) is 13.2 Å². The number of nitrogens with zero attached hydrogens (tertiary/aromatic N) is 1. The van der Waals surface area contributed by atoms with Crippen LogP contribution in [0.15, 0.2) is 18.3 Å². The number of halogens is 4. The van der Waals surface area contributed by atoms with Crippen LogP contribution in [0.1, 0.15) is 18.5 Å². The summed E-state index contributed by atoms with van der Waals surface area (Å²) in [5.41, 5.74) is -0.967. The second-order valence-electron chi connectivity index (χ2n) is 5.16. The second-order valence-corrected chi connectivity index (χ2v) is 5.16. The van der Waals surface area contributed by atoms with Gasteiger partial charge in [0.15, 0.2) is 5.69 Å². The van der Waals surface area contributed by atoms with Crippen LogP contribution in [0.25, 0.3) is 0 Å². The SMILES string of the molecule is COCC1CCC(COc2cccnc2C(F)(F)F)CN1.Cl. The van der Waals surface area contributed by atoms with Crippen LogP contribution in [-0.4, -0.2) is 37.9 Å². The highest BCUT2D eigenvalue weighted by molar-refractivity contribution is 5.85. The molecule has 2 rings (SSSR count). The summed E-state index contributed by atoms with van der Waals surface area (Å²) in [6, 6.07) is 3.06. The van der Waals surface area contributed by atoms with E-state index >= 15 is 0 Å². The van der Waals surface area contributed by atoms with Crippen LogP contribution >= 0.6 is 12.4 Å². The van der Waals surface area contributed by atoms with Crippen LogP contribution in [-0.2, 0) is 10.9 Å². The third-order valence-electron chi connectivity index (χ3n) is 3.50. The molecule has 22 heavy (non-hydrogen) atoms. The zero-order chi connectivity index (χ0) is 15.3. The second kappa shape index (κ2) is 8.55. The fourth-order valence-corrected chi connectivity index (χ4v) is 2.39. The molecule has 8 heteroatoms. The maximum absolute atomic E-state index is 12.8. The Morgan fingerprint density at radius 2 is 2.09 bits per heavy atom. The van der Waals surface area contributed by atoms with E-state index in [1.165, 1.54) is 12.1 Å². The summed E-state index contributed by atoms with van der Waals surface area (Å²) >= 11 is 0. The number of pyridine rings is 1. The van der Waals surface area contributed by atoms with Gasteiger partial charge < -0.3 is 14.8 Å². The monoisotopic (exact) mass is 340 g/mol. The Labute approximate surface area is 133 Å². The molecule has 0 spiro atoms. The van der Waals surface area contributed by atoms with Crippen LogP contribution in [0.5, 0.6) is 5.75 Å². The van der Waals surface area contributed by atoms with Crippen LogP contribution in [0.2, 0.25) is 0 Å². The molecule has 1 saturated heterocycles. The number of methoxy groups -OCH3 is 1. The molecule has 1 N–H and O–H groups in total. The summed E-state index contributed by atoms with van der Waals surface area (Å²) in [7, 11) is 1.65. The minimum absolute atomic E-state index is 0. The van der Waals surface area contributed by atoms with Gasteiger partial charge in [-0.1, -0.05) is 0 Å². The van der Waals surface area contributed by atoms with Crippen molar-refractivity contribution >= 4 is 12.4 Å². The number of rotatable bonds is 5. The minimum atomic E-state index is -4.50. The molecular weight excluding hydrogens is 321 g/mol. The van der Waals surface area contributed by atoms with E-state index in [0.717, 1.165) is 25.6 Å². The van der Waals surface area contributed by atoms with E-state index in [0.29, 0.717) is 12.6 Å². The number of piperidine rings is 1. The summed E-state index contributed by atoms with van der Waals surface area (Å²) in [5, 5.41) is 3.31. The van der Waals surface area contributed by atoms with Gasteiger partial charge in [-0.2, -0.15) is 13.2 Å². The molecule has 1 aromatic heterocycles. The predicted octanol–water partition coefficient (Wildman–Crippen LogP) is 2.92. The van der Waals surface area contributed by atoms with Crippen molar-refractivity contribution < 1.29 is 22.6 Å². The predicted molar refractivity (Wildman–Crippen MR) is 78.4 cm³/mol. The van der Waals surface area contributed by atoms with Gasteiger partial charge in [0.05, 0.1) is 13.2 Å². The Kier molecular flexibility index (Phi) is 7.38. The maximum atomic E-state index is 12.8. The molecule has 0 amide bonds. The largest absolute Gasteiger partial charge is 0.491 e. The summed E-state index contributed by atoms with van der Waals surface area (Å²) in [6.45, 7) is 1.62. The van der Waals surface area contributed by atoms with Crippen molar-refractivity contribution in [2.24, 2.45) is 5.92 Å². The zero-order valence-corrected chi connectivity index (χ0v) is 13.0. The molecule has 2 unspecified atom stereocenters. The molecule has 1 fully saturated rings. The van der Waals surface area contributed by atoms with Gasteiger partial charge in [-0.25, -0.2) is 4.98 Å². The number of hydrogen-bond acceptors (Lipinski definition) is 4. The Bertz CT molecular complexity index is 452. The van der Waals surface area contributed by atoms with Crippen molar-refractivity contribution in [2.75, 3.05) is 26.9 Å². The molecule has 4 nitrogen and oxygen atoms in total. The van der Waals surface area contributed by atoms with Crippen LogP contribution < -0.4 is 10.1 Å². The lowest BCUT2D eigenvalue weighted by Crippen LogP contribution is -2.43. The molecule has 2 atom stereocenters. The van der Waals surface area contributed by atoms with Crippen molar-refractivity contribution in [3.8, 4) is 5.75 Å². The molecular formula is C14H20ClF3N2O2. The van der Waals surface area contributed by atoms with E-state index in [9.17, 15) is 13.2 Å². The van der Waals surface area contributed by atoms with Gasteiger partial charge in [-0.05, 0) is 25.0 Å². The van der Waals surface area contributed by atoms with Crippen LogP contribution in [0, 0.1) is 5.92 Å². The third-order valence-corrected chi connectivity index (χ3v) is 3.50. The topological polar surface area (TPSA) is 43.4 Å². The highest BCUT2D eigenvalue weighted by Crippen LogP contribution is 2.34. The smallest absolute Gasteiger partial charge is 0.437 e. The zero-order valence-electron chi connectivity index (χ0n) is 12.2. The van der Waals surface area contributed by atoms with Gasteiger partial charge in [-0.15, -0.1) is 12.4 Å². The lowest BCUT2D eigenvalue weighted by molar-refractivity contribution is -0.142. The van der Waals surface area contributed by atoms with E-state index < -0.39 is 11.9 Å².